The summed E-state index contributed by atoms with van der Waals surface area (Å²) < 4.78 is 0. The number of likely N-dealkylation sites (tertiary alicyclic amines) is 1. The average Bonchev–Trinajstić information content (AvgIpc) is 3.24. The van der Waals surface area contributed by atoms with E-state index in [1.54, 1.807) is 43.3 Å². The minimum absolute atomic E-state index is 0.155. The second-order valence-electron chi connectivity index (χ2n) is 6.19. The van der Waals surface area contributed by atoms with Crippen LogP contribution in [0.1, 0.15) is 38.9 Å². The van der Waals surface area contributed by atoms with Gasteiger partial charge in [-0.2, -0.15) is 0 Å². The zero-order valence-electron chi connectivity index (χ0n) is 13.2. The summed E-state index contributed by atoms with van der Waals surface area (Å²) in [5.41, 5.74) is -0.248. The van der Waals surface area contributed by atoms with E-state index < -0.39 is 11.4 Å². The highest BCUT2D eigenvalue weighted by atomic mass is 32.1. The summed E-state index contributed by atoms with van der Waals surface area (Å²) in [7, 11) is 0. The highest BCUT2D eigenvalue weighted by Crippen LogP contribution is 2.31. The minimum atomic E-state index is -0.928. The summed E-state index contributed by atoms with van der Waals surface area (Å²) in [6.45, 7) is 2.18. The maximum absolute atomic E-state index is 12.8. The van der Waals surface area contributed by atoms with Gasteiger partial charge in [-0.05, 0) is 30.9 Å². The number of hydrogen-bond donors (Lipinski definition) is 1. The minimum Gasteiger partial charge on any atom is -0.481 e. The van der Waals surface area contributed by atoms with Crippen molar-refractivity contribution >= 4 is 29.0 Å². The molecule has 1 aliphatic rings. The smallest absolute Gasteiger partial charge is 0.311 e. The SMILES string of the molecule is C[C@@]1(C(=O)O)CCN(C(=O)c2ccccc2C(=O)c2cccs2)C1. The van der Waals surface area contributed by atoms with Gasteiger partial charge in [0.05, 0.1) is 15.9 Å². The molecule has 0 aliphatic carbocycles. The van der Waals surface area contributed by atoms with Crippen LogP contribution in [0.25, 0.3) is 0 Å². The van der Waals surface area contributed by atoms with Crippen molar-refractivity contribution in [1.82, 2.24) is 4.90 Å². The molecule has 1 fully saturated rings. The fourth-order valence-corrected chi connectivity index (χ4v) is 3.57. The quantitative estimate of drug-likeness (QED) is 0.866. The van der Waals surface area contributed by atoms with Crippen molar-refractivity contribution in [3.63, 3.8) is 0 Å². The molecule has 0 spiro atoms. The Labute approximate surface area is 143 Å². The van der Waals surface area contributed by atoms with Crippen molar-refractivity contribution in [3.05, 3.63) is 57.8 Å². The van der Waals surface area contributed by atoms with Gasteiger partial charge in [0.25, 0.3) is 5.91 Å². The van der Waals surface area contributed by atoms with Crippen molar-refractivity contribution < 1.29 is 19.5 Å². The molecule has 1 amide bonds. The summed E-state index contributed by atoms with van der Waals surface area (Å²) in [5.74, 6) is -1.38. The van der Waals surface area contributed by atoms with E-state index in [-0.39, 0.29) is 18.2 Å². The van der Waals surface area contributed by atoms with Gasteiger partial charge in [-0.25, -0.2) is 0 Å². The monoisotopic (exact) mass is 343 g/mol. The number of thiophene rings is 1. The van der Waals surface area contributed by atoms with Crippen LogP contribution in [0.15, 0.2) is 41.8 Å². The van der Waals surface area contributed by atoms with Crippen LogP contribution in [-0.4, -0.2) is 40.8 Å². The van der Waals surface area contributed by atoms with Gasteiger partial charge in [-0.3, -0.25) is 14.4 Å². The number of amides is 1. The third kappa shape index (κ3) is 2.85. The van der Waals surface area contributed by atoms with E-state index in [0.29, 0.717) is 29.0 Å². The molecule has 6 heteroatoms. The first-order valence-electron chi connectivity index (χ1n) is 7.62. The molecule has 0 bridgehead atoms. The number of nitrogens with zero attached hydrogens (tertiary/aromatic N) is 1. The third-order valence-electron chi connectivity index (χ3n) is 4.42. The molecule has 24 heavy (non-hydrogen) atoms. The summed E-state index contributed by atoms with van der Waals surface area (Å²) >= 11 is 1.33. The van der Waals surface area contributed by atoms with Gasteiger partial charge in [0.2, 0.25) is 5.78 Å². The first-order valence-corrected chi connectivity index (χ1v) is 8.50. The second kappa shape index (κ2) is 6.20. The molecule has 0 unspecified atom stereocenters. The Hall–Kier alpha value is -2.47. The Morgan fingerprint density at radius 3 is 2.42 bits per heavy atom. The lowest BCUT2D eigenvalue weighted by Gasteiger charge is -2.21. The highest BCUT2D eigenvalue weighted by Gasteiger charge is 2.42. The van der Waals surface area contributed by atoms with E-state index in [1.165, 1.54) is 16.2 Å². The number of ketones is 1. The van der Waals surface area contributed by atoms with Crippen molar-refractivity contribution in [1.29, 1.82) is 0 Å². The van der Waals surface area contributed by atoms with Crippen LogP contribution in [-0.2, 0) is 4.79 Å². The molecule has 2 aromatic rings. The highest BCUT2D eigenvalue weighted by molar-refractivity contribution is 7.12. The second-order valence-corrected chi connectivity index (χ2v) is 7.14. The molecule has 1 aromatic heterocycles. The van der Waals surface area contributed by atoms with Crippen LogP contribution in [0, 0.1) is 5.41 Å². The van der Waals surface area contributed by atoms with Crippen molar-refractivity contribution in [2.75, 3.05) is 13.1 Å². The van der Waals surface area contributed by atoms with Crippen LogP contribution in [0.2, 0.25) is 0 Å². The zero-order valence-corrected chi connectivity index (χ0v) is 14.0. The number of carbonyl (C=O) groups is 3. The van der Waals surface area contributed by atoms with Gasteiger partial charge in [0, 0.05) is 18.7 Å². The Morgan fingerprint density at radius 1 is 1.12 bits per heavy atom. The molecule has 1 aromatic carbocycles. The number of carbonyl (C=O) groups excluding carboxylic acids is 2. The summed E-state index contributed by atoms with van der Waals surface area (Å²) in [4.78, 5) is 38.9. The third-order valence-corrected chi connectivity index (χ3v) is 5.29. The lowest BCUT2D eigenvalue weighted by molar-refractivity contribution is -0.147. The van der Waals surface area contributed by atoms with Crippen LogP contribution < -0.4 is 0 Å². The molecular weight excluding hydrogens is 326 g/mol. The number of aliphatic carboxylic acids is 1. The molecule has 5 nitrogen and oxygen atoms in total. The van der Waals surface area contributed by atoms with Crippen LogP contribution in [0.5, 0.6) is 0 Å². The molecule has 1 atom stereocenters. The van der Waals surface area contributed by atoms with E-state index >= 15 is 0 Å². The molecule has 1 N–H and O–H groups in total. The van der Waals surface area contributed by atoms with Crippen molar-refractivity contribution in [3.8, 4) is 0 Å². The maximum Gasteiger partial charge on any atom is 0.311 e. The summed E-state index contributed by atoms with van der Waals surface area (Å²) in [6.07, 6.45) is 0.412. The Kier molecular flexibility index (Phi) is 4.24. The molecule has 0 saturated carbocycles. The largest absolute Gasteiger partial charge is 0.481 e. The number of carboxylic acid groups (broad SMARTS) is 1. The van der Waals surface area contributed by atoms with E-state index in [4.69, 9.17) is 0 Å². The van der Waals surface area contributed by atoms with Gasteiger partial charge < -0.3 is 10.0 Å². The van der Waals surface area contributed by atoms with Crippen molar-refractivity contribution in [2.45, 2.75) is 13.3 Å². The summed E-state index contributed by atoms with van der Waals surface area (Å²) in [6, 6.07) is 10.2. The van der Waals surface area contributed by atoms with Gasteiger partial charge >= 0.3 is 5.97 Å². The van der Waals surface area contributed by atoms with E-state index in [0.717, 1.165) is 0 Å². The van der Waals surface area contributed by atoms with Gasteiger partial charge in [0.15, 0.2) is 0 Å². The normalized spacial score (nSPS) is 20.1. The van der Waals surface area contributed by atoms with E-state index in [2.05, 4.69) is 0 Å². The number of rotatable bonds is 4. The molecule has 0 radical (unpaired) electrons. The van der Waals surface area contributed by atoms with Crippen LogP contribution in [0.3, 0.4) is 0 Å². The van der Waals surface area contributed by atoms with Crippen molar-refractivity contribution in [2.24, 2.45) is 5.41 Å². The number of carboxylic acids is 1. The summed E-state index contributed by atoms with van der Waals surface area (Å²) in [5, 5.41) is 11.1. The number of hydrogen-bond acceptors (Lipinski definition) is 4. The lowest BCUT2D eigenvalue weighted by atomic mass is 9.90. The predicted octanol–water partition coefficient (Wildman–Crippen LogP) is 2.92. The topological polar surface area (TPSA) is 74.7 Å². The Morgan fingerprint density at radius 2 is 1.83 bits per heavy atom. The Bertz CT molecular complexity index is 799. The van der Waals surface area contributed by atoms with Gasteiger partial charge in [0.1, 0.15) is 0 Å². The van der Waals surface area contributed by atoms with E-state index in [9.17, 15) is 19.5 Å². The maximum atomic E-state index is 12.8. The first kappa shape index (κ1) is 16.4. The lowest BCUT2D eigenvalue weighted by Crippen LogP contribution is -2.35. The van der Waals surface area contributed by atoms with Crippen LogP contribution >= 0.6 is 11.3 Å². The zero-order chi connectivity index (χ0) is 17.3. The molecule has 1 aliphatic heterocycles. The fourth-order valence-electron chi connectivity index (χ4n) is 2.89. The van der Waals surface area contributed by atoms with E-state index in [1.807, 2.05) is 5.38 Å². The molecule has 2 heterocycles. The van der Waals surface area contributed by atoms with Crippen LogP contribution in [0.4, 0.5) is 0 Å². The Balaban J connectivity index is 1.89. The van der Waals surface area contributed by atoms with Gasteiger partial charge in [-0.15, -0.1) is 11.3 Å². The molecule has 124 valence electrons. The molecule has 3 rings (SSSR count). The first-order chi connectivity index (χ1) is 11.4. The molecular formula is C18H17NO4S. The number of benzene rings is 1. The average molecular weight is 343 g/mol. The molecule has 1 saturated heterocycles. The fraction of sp³-hybridized carbons (Fsp3) is 0.278. The standard InChI is InChI=1S/C18H17NO4S/c1-18(17(22)23)8-9-19(11-18)16(21)13-6-3-2-5-12(13)15(20)14-7-4-10-24-14/h2-7,10H,8-9,11H2,1H3,(H,22,23)/t18-/m1/s1. The predicted molar refractivity (Wildman–Crippen MR) is 90.5 cm³/mol. The van der Waals surface area contributed by atoms with Gasteiger partial charge in [-0.1, -0.05) is 24.3 Å².